The Balaban J connectivity index is 1.53. The lowest BCUT2D eigenvalue weighted by Crippen LogP contribution is -2.38. The molecule has 1 unspecified atom stereocenters. The fraction of sp³-hybridized carbons (Fsp3) is 0.179. The summed E-state index contributed by atoms with van der Waals surface area (Å²) < 4.78 is 1.69. The van der Waals surface area contributed by atoms with Gasteiger partial charge in [-0.2, -0.15) is 10.5 Å². The van der Waals surface area contributed by atoms with Gasteiger partial charge in [0.25, 0.3) is 5.91 Å². The van der Waals surface area contributed by atoms with Crippen molar-refractivity contribution < 1.29 is 9.59 Å². The van der Waals surface area contributed by atoms with Crippen molar-refractivity contribution in [3.05, 3.63) is 83.8 Å². The van der Waals surface area contributed by atoms with Gasteiger partial charge < -0.3 is 16.0 Å². The zero-order chi connectivity index (χ0) is 27.5. The first-order chi connectivity index (χ1) is 18.9. The molecule has 3 aromatic heterocycles. The predicted octanol–water partition coefficient (Wildman–Crippen LogP) is 3.26. The minimum Gasteiger partial charge on any atom is -0.369 e. The Morgan fingerprint density at radius 3 is 2.72 bits per heavy atom. The summed E-state index contributed by atoms with van der Waals surface area (Å²) in [7, 11) is 0. The Bertz CT molecular complexity index is 1710. The topological polar surface area (TPSA) is 166 Å². The molecule has 192 valence electrons. The Kier molecular flexibility index (Phi) is 6.72. The highest BCUT2D eigenvalue weighted by Crippen LogP contribution is 2.34. The smallest absolute Gasteiger partial charge is 0.256 e. The van der Waals surface area contributed by atoms with Crippen molar-refractivity contribution in [1.29, 1.82) is 10.5 Å². The molecule has 4 heterocycles. The number of likely N-dealkylation sites (tertiary alicyclic amines) is 1. The van der Waals surface area contributed by atoms with Crippen molar-refractivity contribution in [3.63, 3.8) is 0 Å². The largest absolute Gasteiger partial charge is 0.369 e. The fourth-order valence-corrected chi connectivity index (χ4v) is 4.82. The Hall–Kier alpha value is -5.55. The summed E-state index contributed by atoms with van der Waals surface area (Å²) in [5.41, 5.74) is 9.06. The van der Waals surface area contributed by atoms with Gasteiger partial charge in [0, 0.05) is 42.5 Å². The van der Waals surface area contributed by atoms with Crippen LogP contribution in [0.15, 0.2) is 61.4 Å². The molecule has 0 radical (unpaired) electrons. The van der Waals surface area contributed by atoms with Gasteiger partial charge >= 0.3 is 0 Å². The molecule has 3 N–H and O–H groups in total. The van der Waals surface area contributed by atoms with E-state index in [1.54, 1.807) is 27.6 Å². The minimum atomic E-state index is -0.482. The zero-order valence-electron chi connectivity index (χ0n) is 20.8. The van der Waals surface area contributed by atoms with Crippen LogP contribution in [0.3, 0.4) is 0 Å². The highest BCUT2D eigenvalue weighted by Gasteiger charge is 2.29. The normalized spacial score (nSPS) is 14.8. The van der Waals surface area contributed by atoms with E-state index in [9.17, 15) is 14.9 Å². The number of hydrogen-bond acceptors (Lipinski definition) is 8. The van der Waals surface area contributed by atoms with Crippen LogP contribution in [-0.4, -0.2) is 49.2 Å². The summed E-state index contributed by atoms with van der Waals surface area (Å²) in [6, 6.07) is 13.7. The number of amides is 2. The maximum absolute atomic E-state index is 12.9. The highest BCUT2D eigenvalue weighted by atomic mass is 16.2. The van der Waals surface area contributed by atoms with E-state index in [1.165, 1.54) is 30.5 Å². The van der Waals surface area contributed by atoms with Crippen molar-refractivity contribution in [2.45, 2.75) is 18.8 Å². The second-order valence-corrected chi connectivity index (χ2v) is 9.04. The number of imidazole rings is 1. The SMILES string of the molecule is C=CC(=O)N1CCCC(c2nc(-c3ccc(C(=O)Nc4cc(C#N)ccn4)cc3C#N)n3c(N)nccc23)C1. The maximum Gasteiger partial charge on any atom is 0.256 e. The van der Waals surface area contributed by atoms with E-state index in [0.717, 1.165) is 24.1 Å². The number of hydrogen-bond donors (Lipinski definition) is 2. The van der Waals surface area contributed by atoms with Crippen LogP contribution in [0.1, 0.15) is 45.9 Å². The number of nitrogens with one attached hydrogen (secondary N) is 1. The number of fused-ring (bicyclic) bond motifs is 1. The summed E-state index contributed by atoms with van der Waals surface area (Å²) in [6.45, 7) is 4.74. The number of pyridine rings is 1. The molecule has 0 spiro atoms. The summed E-state index contributed by atoms with van der Waals surface area (Å²) in [4.78, 5) is 40.1. The molecule has 1 fully saturated rings. The van der Waals surface area contributed by atoms with E-state index < -0.39 is 5.91 Å². The Labute approximate surface area is 223 Å². The molecule has 0 aliphatic carbocycles. The van der Waals surface area contributed by atoms with Crippen LogP contribution in [0.25, 0.3) is 16.9 Å². The second-order valence-electron chi connectivity index (χ2n) is 9.04. The number of rotatable bonds is 5. The van der Waals surface area contributed by atoms with Gasteiger partial charge in [0.2, 0.25) is 11.9 Å². The van der Waals surface area contributed by atoms with E-state index in [2.05, 4.69) is 27.9 Å². The van der Waals surface area contributed by atoms with E-state index >= 15 is 0 Å². The molecular formula is C28H23N9O2. The van der Waals surface area contributed by atoms with E-state index in [1.807, 2.05) is 12.1 Å². The lowest BCUT2D eigenvalue weighted by Gasteiger charge is -2.31. The van der Waals surface area contributed by atoms with Gasteiger partial charge in [-0.05, 0) is 55.3 Å². The first-order valence-electron chi connectivity index (χ1n) is 12.2. The monoisotopic (exact) mass is 517 g/mol. The van der Waals surface area contributed by atoms with Gasteiger partial charge in [-0.1, -0.05) is 6.58 Å². The minimum absolute atomic E-state index is 0.0412. The number of piperidine rings is 1. The Morgan fingerprint density at radius 1 is 1.13 bits per heavy atom. The van der Waals surface area contributed by atoms with Crippen LogP contribution >= 0.6 is 0 Å². The molecule has 4 aromatic rings. The number of benzene rings is 1. The molecular weight excluding hydrogens is 494 g/mol. The van der Waals surface area contributed by atoms with Gasteiger partial charge in [-0.25, -0.2) is 15.0 Å². The third-order valence-electron chi connectivity index (χ3n) is 6.68. The number of nitriles is 2. The van der Waals surface area contributed by atoms with Crippen LogP contribution in [0.5, 0.6) is 0 Å². The number of nitrogens with zero attached hydrogens (tertiary/aromatic N) is 7. The van der Waals surface area contributed by atoms with Gasteiger partial charge in [0.15, 0.2) is 0 Å². The molecule has 1 atom stereocenters. The molecule has 0 saturated carbocycles. The molecule has 1 saturated heterocycles. The lowest BCUT2D eigenvalue weighted by molar-refractivity contribution is -0.127. The number of carbonyl (C=O) groups is 2. The number of anilines is 2. The number of nitrogens with two attached hydrogens (primary N) is 1. The summed E-state index contributed by atoms with van der Waals surface area (Å²) in [6.07, 6.45) is 5.99. The van der Waals surface area contributed by atoms with Gasteiger partial charge in [-0.3, -0.25) is 14.0 Å². The molecule has 1 aromatic carbocycles. The third-order valence-corrected chi connectivity index (χ3v) is 6.68. The molecule has 5 rings (SSSR count). The van der Waals surface area contributed by atoms with Crippen LogP contribution in [-0.2, 0) is 4.79 Å². The van der Waals surface area contributed by atoms with Crippen LogP contribution in [0.2, 0.25) is 0 Å². The first kappa shape index (κ1) is 25.1. The van der Waals surface area contributed by atoms with Gasteiger partial charge in [0.1, 0.15) is 11.6 Å². The summed E-state index contributed by atoms with van der Waals surface area (Å²) in [5, 5.41) is 21.7. The fourth-order valence-electron chi connectivity index (χ4n) is 4.82. The van der Waals surface area contributed by atoms with Crippen LogP contribution < -0.4 is 11.1 Å². The average molecular weight is 518 g/mol. The quantitative estimate of drug-likeness (QED) is 0.381. The molecule has 0 bridgehead atoms. The number of nitrogen functional groups attached to an aromatic ring is 1. The van der Waals surface area contributed by atoms with E-state index in [0.29, 0.717) is 30.0 Å². The average Bonchev–Trinajstić information content (AvgIpc) is 3.37. The second kappa shape index (κ2) is 10.4. The number of carbonyl (C=O) groups excluding carboxylic acids is 2. The molecule has 11 heteroatoms. The summed E-state index contributed by atoms with van der Waals surface area (Å²) in [5.74, 6) is 0.195. The van der Waals surface area contributed by atoms with E-state index in [-0.39, 0.29) is 34.7 Å². The molecule has 1 aliphatic rings. The van der Waals surface area contributed by atoms with Crippen molar-refractivity contribution in [2.75, 3.05) is 24.1 Å². The van der Waals surface area contributed by atoms with Crippen LogP contribution in [0, 0.1) is 22.7 Å². The van der Waals surface area contributed by atoms with Crippen molar-refractivity contribution in [1.82, 2.24) is 24.3 Å². The summed E-state index contributed by atoms with van der Waals surface area (Å²) >= 11 is 0. The first-order valence-corrected chi connectivity index (χ1v) is 12.2. The molecule has 39 heavy (non-hydrogen) atoms. The zero-order valence-corrected chi connectivity index (χ0v) is 20.8. The van der Waals surface area contributed by atoms with Crippen molar-refractivity contribution >= 4 is 29.1 Å². The standard InChI is InChI=1S/C28H23N9O2/c1-2-24(38)36-11-3-4-19(16-36)25-22-8-10-33-28(31)37(22)26(35-25)21-6-5-18(13-20(21)15-30)27(39)34-23-12-17(14-29)7-9-32-23/h2,5-10,12-13,19H,1,3-4,11,16H2,(H2,31,33)(H,32,34,39). The molecule has 11 nitrogen and oxygen atoms in total. The third kappa shape index (κ3) is 4.77. The maximum atomic E-state index is 12.9. The lowest BCUT2D eigenvalue weighted by atomic mass is 9.94. The molecule has 1 aliphatic heterocycles. The van der Waals surface area contributed by atoms with Crippen molar-refractivity contribution in [3.8, 4) is 23.5 Å². The van der Waals surface area contributed by atoms with Gasteiger partial charge in [0.05, 0.1) is 34.5 Å². The van der Waals surface area contributed by atoms with Crippen LogP contribution in [0.4, 0.5) is 11.8 Å². The number of aromatic nitrogens is 4. The Morgan fingerprint density at radius 2 is 1.95 bits per heavy atom. The van der Waals surface area contributed by atoms with Gasteiger partial charge in [-0.15, -0.1) is 0 Å². The molecule has 2 amide bonds. The highest BCUT2D eigenvalue weighted by molar-refractivity contribution is 6.04. The van der Waals surface area contributed by atoms with Crippen molar-refractivity contribution in [2.24, 2.45) is 0 Å². The van der Waals surface area contributed by atoms with E-state index in [4.69, 9.17) is 16.0 Å². The predicted molar refractivity (Wildman–Crippen MR) is 143 cm³/mol.